The highest BCUT2D eigenvalue weighted by Gasteiger charge is 2.18. The molecule has 0 atom stereocenters. The molecule has 2 aromatic rings. The summed E-state index contributed by atoms with van der Waals surface area (Å²) in [6.07, 6.45) is 0. The average Bonchev–Trinajstić information content (AvgIpc) is 2.89. The summed E-state index contributed by atoms with van der Waals surface area (Å²) < 4.78 is 5.30. The molecule has 0 aliphatic heterocycles. The largest absolute Gasteiger partial charge is 0.496 e. The van der Waals surface area contributed by atoms with Gasteiger partial charge in [-0.15, -0.1) is 11.3 Å². The lowest BCUT2D eigenvalue weighted by molar-refractivity contribution is 0.103. The smallest absolute Gasteiger partial charge is 0.216 e. The van der Waals surface area contributed by atoms with E-state index in [-0.39, 0.29) is 5.78 Å². The molecule has 0 aliphatic carbocycles. The molecule has 0 saturated carbocycles. The molecule has 0 fully saturated rings. The van der Waals surface area contributed by atoms with Crippen molar-refractivity contribution in [1.82, 2.24) is 4.98 Å². The maximum Gasteiger partial charge on any atom is 0.216 e. The summed E-state index contributed by atoms with van der Waals surface area (Å²) in [7, 11) is 3.35. The predicted octanol–water partition coefficient (Wildman–Crippen LogP) is 3.04. The van der Waals surface area contributed by atoms with E-state index in [2.05, 4.69) is 10.3 Å². The van der Waals surface area contributed by atoms with Crippen LogP contribution in [0.1, 0.15) is 27.2 Å². The summed E-state index contributed by atoms with van der Waals surface area (Å²) in [5, 5.41) is 5.41. The Morgan fingerprint density at radius 1 is 1.32 bits per heavy atom. The molecule has 0 aliphatic rings. The van der Waals surface area contributed by atoms with E-state index in [1.165, 1.54) is 11.3 Å². The summed E-state index contributed by atoms with van der Waals surface area (Å²) in [4.78, 5) is 16.7. The lowest BCUT2D eigenvalue weighted by Gasteiger charge is -2.10. The molecule has 0 unspecified atom stereocenters. The van der Waals surface area contributed by atoms with Crippen molar-refractivity contribution in [3.8, 4) is 5.75 Å². The monoisotopic (exact) mass is 276 g/mol. The van der Waals surface area contributed by atoms with Crippen LogP contribution in [0.3, 0.4) is 0 Å². The van der Waals surface area contributed by atoms with Gasteiger partial charge in [0.25, 0.3) is 0 Å². The SMILES string of the molecule is CNc1nc(C(=O)c2cc(C)c(C)cc2OC)cs1. The minimum atomic E-state index is -0.113. The molecule has 1 aromatic carbocycles. The van der Waals surface area contributed by atoms with Crippen LogP contribution in [0.15, 0.2) is 17.5 Å². The van der Waals surface area contributed by atoms with Gasteiger partial charge < -0.3 is 10.1 Å². The van der Waals surface area contributed by atoms with Crippen molar-refractivity contribution in [2.24, 2.45) is 0 Å². The third kappa shape index (κ3) is 2.61. The van der Waals surface area contributed by atoms with Gasteiger partial charge in [-0.25, -0.2) is 4.98 Å². The number of benzene rings is 1. The molecule has 1 aromatic heterocycles. The molecule has 0 radical (unpaired) electrons. The summed E-state index contributed by atoms with van der Waals surface area (Å²) in [5.74, 6) is 0.477. The van der Waals surface area contributed by atoms with Crippen molar-refractivity contribution in [2.75, 3.05) is 19.5 Å². The van der Waals surface area contributed by atoms with E-state index in [0.717, 1.165) is 16.3 Å². The van der Waals surface area contributed by atoms with Crippen LogP contribution in [0.5, 0.6) is 5.75 Å². The Labute approximate surface area is 116 Å². The topological polar surface area (TPSA) is 51.2 Å². The molecule has 4 nitrogen and oxygen atoms in total. The first-order valence-electron chi connectivity index (χ1n) is 5.90. The summed E-state index contributed by atoms with van der Waals surface area (Å²) in [6.45, 7) is 3.97. The lowest BCUT2D eigenvalue weighted by atomic mass is 10.0. The van der Waals surface area contributed by atoms with Crippen LogP contribution in [0.2, 0.25) is 0 Å². The first-order chi connectivity index (χ1) is 9.06. The quantitative estimate of drug-likeness (QED) is 0.872. The zero-order chi connectivity index (χ0) is 14.0. The van der Waals surface area contributed by atoms with E-state index in [1.807, 2.05) is 26.0 Å². The van der Waals surface area contributed by atoms with Crippen LogP contribution >= 0.6 is 11.3 Å². The van der Waals surface area contributed by atoms with Gasteiger partial charge in [-0.2, -0.15) is 0 Å². The molecule has 0 saturated heterocycles. The molecular weight excluding hydrogens is 260 g/mol. The number of ether oxygens (including phenoxy) is 1. The molecule has 1 N–H and O–H groups in total. The molecule has 5 heteroatoms. The Hall–Kier alpha value is -1.88. The molecule has 0 amide bonds. The number of ketones is 1. The van der Waals surface area contributed by atoms with Gasteiger partial charge in [0.2, 0.25) is 5.78 Å². The van der Waals surface area contributed by atoms with Crippen molar-refractivity contribution < 1.29 is 9.53 Å². The third-order valence-corrected chi connectivity index (χ3v) is 3.87. The van der Waals surface area contributed by atoms with Gasteiger partial charge in [-0.05, 0) is 37.1 Å². The Kier molecular flexibility index (Phi) is 3.85. The number of nitrogens with zero attached hydrogens (tertiary/aromatic N) is 1. The van der Waals surface area contributed by atoms with E-state index < -0.39 is 0 Å². The molecular formula is C14H16N2O2S. The van der Waals surface area contributed by atoms with E-state index >= 15 is 0 Å². The van der Waals surface area contributed by atoms with Crippen molar-refractivity contribution in [2.45, 2.75) is 13.8 Å². The van der Waals surface area contributed by atoms with Crippen LogP contribution in [-0.2, 0) is 0 Å². The van der Waals surface area contributed by atoms with Gasteiger partial charge in [-0.3, -0.25) is 4.79 Å². The number of methoxy groups -OCH3 is 1. The van der Waals surface area contributed by atoms with Gasteiger partial charge in [0.15, 0.2) is 5.13 Å². The fourth-order valence-electron chi connectivity index (χ4n) is 1.77. The highest BCUT2D eigenvalue weighted by molar-refractivity contribution is 7.13. The molecule has 19 heavy (non-hydrogen) atoms. The van der Waals surface area contributed by atoms with E-state index in [0.29, 0.717) is 17.0 Å². The highest BCUT2D eigenvalue weighted by atomic mass is 32.1. The number of hydrogen-bond donors (Lipinski definition) is 1. The molecule has 0 spiro atoms. The lowest BCUT2D eigenvalue weighted by Crippen LogP contribution is -2.06. The van der Waals surface area contributed by atoms with Gasteiger partial charge in [0.1, 0.15) is 11.4 Å². The van der Waals surface area contributed by atoms with E-state index in [9.17, 15) is 4.79 Å². The van der Waals surface area contributed by atoms with Crippen LogP contribution in [0.4, 0.5) is 5.13 Å². The van der Waals surface area contributed by atoms with Crippen molar-refractivity contribution in [3.05, 3.63) is 39.9 Å². The number of nitrogens with one attached hydrogen (secondary N) is 1. The summed E-state index contributed by atoms with van der Waals surface area (Å²) >= 11 is 1.41. The van der Waals surface area contributed by atoms with Crippen molar-refractivity contribution in [1.29, 1.82) is 0 Å². The van der Waals surface area contributed by atoms with Gasteiger partial charge in [0, 0.05) is 12.4 Å². The first kappa shape index (κ1) is 13.5. The Morgan fingerprint density at radius 3 is 2.58 bits per heavy atom. The van der Waals surface area contributed by atoms with Gasteiger partial charge >= 0.3 is 0 Å². The van der Waals surface area contributed by atoms with Gasteiger partial charge in [0.05, 0.1) is 12.7 Å². The first-order valence-corrected chi connectivity index (χ1v) is 6.78. The summed E-state index contributed by atoms with van der Waals surface area (Å²) in [6, 6.07) is 3.74. The van der Waals surface area contributed by atoms with E-state index in [4.69, 9.17) is 4.74 Å². The maximum atomic E-state index is 12.5. The standard InChI is InChI=1S/C14H16N2O2S/c1-8-5-10(12(18-4)6-9(8)2)13(17)11-7-19-14(15-3)16-11/h5-7H,1-4H3,(H,15,16). The Morgan fingerprint density at radius 2 is 2.00 bits per heavy atom. The number of aryl methyl sites for hydroxylation is 2. The maximum absolute atomic E-state index is 12.5. The highest BCUT2D eigenvalue weighted by Crippen LogP contribution is 2.26. The number of hydrogen-bond acceptors (Lipinski definition) is 5. The third-order valence-electron chi connectivity index (χ3n) is 3.01. The Bertz CT molecular complexity index is 620. The van der Waals surface area contributed by atoms with Gasteiger partial charge in [-0.1, -0.05) is 0 Å². The molecule has 0 bridgehead atoms. The average molecular weight is 276 g/mol. The fourth-order valence-corrected chi connectivity index (χ4v) is 2.42. The second kappa shape index (κ2) is 5.40. The molecule has 2 rings (SSSR count). The Balaban J connectivity index is 2.45. The zero-order valence-corrected chi connectivity index (χ0v) is 12.2. The predicted molar refractivity (Wildman–Crippen MR) is 77.6 cm³/mol. The normalized spacial score (nSPS) is 10.3. The number of thiazole rings is 1. The van der Waals surface area contributed by atoms with Crippen LogP contribution < -0.4 is 10.1 Å². The minimum Gasteiger partial charge on any atom is -0.496 e. The minimum absolute atomic E-state index is 0.113. The number of aromatic nitrogens is 1. The molecule has 100 valence electrons. The second-order valence-electron chi connectivity index (χ2n) is 4.25. The van der Waals surface area contributed by atoms with Crippen molar-refractivity contribution in [3.63, 3.8) is 0 Å². The number of carbonyl (C=O) groups excluding carboxylic acids is 1. The summed E-state index contributed by atoms with van der Waals surface area (Å²) in [5.41, 5.74) is 3.16. The van der Waals surface area contributed by atoms with Crippen LogP contribution in [0.25, 0.3) is 0 Å². The zero-order valence-electron chi connectivity index (χ0n) is 11.4. The van der Waals surface area contributed by atoms with Crippen LogP contribution in [0, 0.1) is 13.8 Å². The van der Waals surface area contributed by atoms with Crippen molar-refractivity contribution >= 4 is 22.3 Å². The number of rotatable bonds is 4. The van der Waals surface area contributed by atoms with E-state index in [1.54, 1.807) is 19.5 Å². The number of carbonyl (C=O) groups is 1. The fraction of sp³-hybridized carbons (Fsp3) is 0.286. The number of anilines is 1. The second-order valence-corrected chi connectivity index (χ2v) is 5.11. The molecule has 1 heterocycles. The van der Waals surface area contributed by atoms with Crippen LogP contribution in [-0.4, -0.2) is 24.9 Å².